The quantitative estimate of drug-likeness (QED) is 0.435. The molecule has 0 saturated carbocycles. The summed E-state index contributed by atoms with van der Waals surface area (Å²) in [6.45, 7) is 1.17. The summed E-state index contributed by atoms with van der Waals surface area (Å²) in [6, 6.07) is 11.5. The van der Waals surface area contributed by atoms with Crippen LogP contribution in [-0.2, 0) is 16.3 Å². The summed E-state index contributed by atoms with van der Waals surface area (Å²) in [4.78, 5) is 24.4. The van der Waals surface area contributed by atoms with E-state index in [-0.39, 0.29) is 30.1 Å². The topological polar surface area (TPSA) is 139 Å². The Bertz CT molecular complexity index is 1400. The van der Waals surface area contributed by atoms with Crippen molar-refractivity contribution in [2.24, 2.45) is 0 Å². The molecule has 1 amide bonds. The molecule has 35 heavy (non-hydrogen) atoms. The number of Topliss-reactive ketones (excluding diaryl/α,β-unsaturated/α-hetero) is 1. The van der Waals surface area contributed by atoms with E-state index in [0.29, 0.717) is 12.8 Å². The lowest BCUT2D eigenvalue weighted by Gasteiger charge is -2.30. The molecule has 2 unspecified atom stereocenters. The van der Waals surface area contributed by atoms with Gasteiger partial charge in [0.05, 0.1) is 16.5 Å². The Hall–Kier alpha value is -3.50. The number of phenols is 1. The second-order valence-corrected chi connectivity index (χ2v) is 11.6. The number of aliphatic hydroxyl groups excluding tert-OH is 1. The molecule has 184 valence electrons. The molecule has 0 bridgehead atoms. The van der Waals surface area contributed by atoms with Crippen molar-refractivity contribution in [2.45, 2.75) is 37.2 Å². The van der Waals surface area contributed by atoms with Crippen molar-refractivity contribution in [3.63, 3.8) is 0 Å². The minimum atomic E-state index is -3.72. The average molecular weight is 498 g/mol. The molecule has 10 heteroatoms. The standard InChI is InChI=1S/C25H27N3O6S/c1-25(35(2,33)34,15-26-24(32)20-5-3-4-6-21(20)29)12-23(31)28-14-18(13-27-28)16-7-9-19-17(11-16)8-10-22(19)30/h3-7,9,11,13-14,23,29,31H,8,10,12,15H2,1-2H3,(H,26,32). The van der Waals surface area contributed by atoms with Crippen molar-refractivity contribution < 1.29 is 28.2 Å². The van der Waals surface area contributed by atoms with Gasteiger partial charge in [0, 0.05) is 43.0 Å². The average Bonchev–Trinajstić information content (AvgIpc) is 3.44. The summed E-state index contributed by atoms with van der Waals surface area (Å²) < 4.78 is 25.0. The number of benzene rings is 2. The SMILES string of the molecule is CC(CNC(=O)c1ccccc1O)(CC(O)n1cc(-c2ccc3c(c2)CCC3=O)cn1)S(C)(=O)=O. The van der Waals surface area contributed by atoms with Gasteiger partial charge in [-0.25, -0.2) is 13.1 Å². The highest BCUT2D eigenvalue weighted by Crippen LogP contribution is 2.30. The Morgan fingerprint density at radius 2 is 1.94 bits per heavy atom. The van der Waals surface area contributed by atoms with Crippen LogP contribution in [0, 0.1) is 0 Å². The summed E-state index contributed by atoms with van der Waals surface area (Å²) in [5.74, 6) is -0.706. The number of carbonyl (C=O) groups excluding carboxylic acids is 2. The van der Waals surface area contributed by atoms with Crippen LogP contribution in [0.2, 0.25) is 0 Å². The molecule has 3 N–H and O–H groups in total. The van der Waals surface area contributed by atoms with Gasteiger partial charge in [-0.2, -0.15) is 5.10 Å². The number of phenolic OH excluding ortho intramolecular Hbond substituents is 1. The Morgan fingerprint density at radius 1 is 1.20 bits per heavy atom. The van der Waals surface area contributed by atoms with E-state index in [4.69, 9.17) is 0 Å². The van der Waals surface area contributed by atoms with Crippen LogP contribution in [0.25, 0.3) is 11.1 Å². The van der Waals surface area contributed by atoms with Crippen molar-refractivity contribution in [2.75, 3.05) is 12.8 Å². The lowest BCUT2D eigenvalue weighted by atomic mass is 10.0. The predicted molar refractivity (Wildman–Crippen MR) is 130 cm³/mol. The molecule has 2 aromatic carbocycles. The normalized spacial score (nSPS) is 15.9. The van der Waals surface area contributed by atoms with Gasteiger partial charge in [0.15, 0.2) is 15.6 Å². The number of fused-ring (bicyclic) bond motifs is 1. The van der Waals surface area contributed by atoms with Crippen LogP contribution in [-0.4, -0.2) is 57.6 Å². The zero-order valence-electron chi connectivity index (χ0n) is 19.4. The van der Waals surface area contributed by atoms with Crippen LogP contribution in [0.1, 0.15) is 52.3 Å². The van der Waals surface area contributed by atoms with Crippen molar-refractivity contribution in [3.05, 3.63) is 71.5 Å². The largest absolute Gasteiger partial charge is 0.507 e. The fourth-order valence-corrected chi connectivity index (χ4v) is 4.93. The third-order valence-electron chi connectivity index (χ3n) is 6.55. The Morgan fingerprint density at radius 3 is 2.66 bits per heavy atom. The van der Waals surface area contributed by atoms with E-state index in [1.54, 1.807) is 30.6 Å². The Labute approximate surface area is 203 Å². The van der Waals surface area contributed by atoms with E-state index in [9.17, 15) is 28.2 Å². The highest BCUT2D eigenvalue weighted by Gasteiger charge is 2.39. The first-order valence-corrected chi connectivity index (χ1v) is 13.0. The summed E-state index contributed by atoms with van der Waals surface area (Å²) in [7, 11) is -3.72. The number of amides is 1. The molecule has 4 rings (SSSR count). The van der Waals surface area contributed by atoms with Crippen LogP contribution < -0.4 is 5.32 Å². The number of para-hydroxylation sites is 1. The Kier molecular flexibility index (Phi) is 6.52. The van der Waals surface area contributed by atoms with Crippen LogP contribution >= 0.6 is 0 Å². The number of aromatic hydroxyl groups is 1. The van der Waals surface area contributed by atoms with Crippen LogP contribution in [0.15, 0.2) is 54.9 Å². The smallest absolute Gasteiger partial charge is 0.255 e. The predicted octanol–water partition coefficient (Wildman–Crippen LogP) is 2.50. The first-order valence-electron chi connectivity index (χ1n) is 11.1. The van der Waals surface area contributed by atoms with Gasteiger partial charge in [-0.15, -0.1) is 0 Å². The third-order valence-corrected chi connectivity index (χ3v) is 8.65. The maximum atomic E-state index is 12.6. The van der Waals surface area contributed by atoms with E-state index in [0.717, 1.165) is 28.5 Å². The number of hydrogen-bond donors (Lipinski definition) is 3. The molecule has 0 spiro atoms. The molecule has 0 aliphatic heterocycles. The summed E-state index contributed by atoms with van der Waals surface area (Å²) in [5, 5.41) is 27.5. The number of nitrogens with zero attached hydrogens (tertiary/aromatic N) is 2. The number of ketones is 1. The first-order chi connectivity index (χ1) is 16.5. The molecular weight excluding hydrogens is 470 g/mol. The molecule has 0 fully saturated rings. The van der Waals surface area contributed by atoms with Crippen molar-refractivity contribution in [1.29, 1.82) is 0 Å². The number of rotatable bonds is 8. The molecule has 2 atom stereocenters. The minimum absolute atomic E-state index is 0.0247. The van der Waals surface area contributed by atoms with E-state index >= 15 is 0 Å². The van der Waals surface area contributed by atoms with Crippen LogP contribution in [0.3, 0.4) is 0 Å². The third kappa shape index (κ3) is 4.98. The van der Waals surface area contributed by atoms with Gasteiger partial charge in [-0.1, -0.05) is 30.3 Å². The fraction of sp³-hybridized carbons (Fsp3) is 0.320. The van der Waals surface area contributed by atoms with Crippen molar-refractivity contribution in [1.82, 2.24) is 15.1 Å². The molecule has 0 radical (unpaired) electrons. The van der Waals surface area contributed by atoms with Crippen LogP contribution in [0.4, 0.5) is 0 Å². The van der Waals surface area contributed by atoms with E-state index < -0.39 is 26.7 Å². The number of sulfone groups is 1. The number of aliphatic hydroxyl groups is 1. The van der Waals surface area contributed by atoms with Gasteiger partial charge in [0.25, 0.3) is 5.91 Å². The molecule has 9 nitrogen and oxygen atoms in total. The van der Waals surface area contributed by atoms with E-state index in [2.05, 4.69) is 10.4 Å². The highest BCUT2D eigenvalue weighted by atomic mass is 32.2. The number of hydrogen-bond acceptors (Lipinski definition) is 7. The number of carbonyl (C=O) groups is 2. The zero-order chi connectivity index (χ0) is 25.4. The molecule has 1 aromatic heterocycles. The summed E-state index contributed by atoms with van der Waals surface area (Å²) >= 11 is 0. The molecule has 3 aromatic rings. The van der Waals surface area contributed by atoms with Gasteiger partial charge in [0.2, 0.25) is 0 Å². The lowest BCUT2D eigenvalue weighted by Crippen LogP contribution is -2.47. The van der Waals surface area contributed by atoms with E-state index in [1.807, 2.05) is 12.1 Å². The summed E-state index contributed by atoms with van der Waals surface area (Å²) in [6.07, 6.45) is 3.92. The van der Waals surface area contributed by atoms with Gasteiger partial charge in [-0.05, 0) is 36.6 Å². The van der Waals surface area contributed by atoms with Crippen molar-refractivity contribution in [3.8, 4) is 16.9 Å². The zero-order valence-corrected chi connectivity index (χ0v) is 20.2. The monoisotopic (exact) mass is 497 g/mol. The van der Waals surface area contributed by atoms with E-state index in [1.165, 1.54) is 23.7 Å². The number of aryl methyl sites for hydroxylation is 1. The maximum absolute atomic E-state index is 12.6. The molecule has 1 aliphatic rings. The second kappa shape index (κ2) is 9.27. The molecule has 1 aliphatic carbocycles. The van der Waals surface area contributed by atoms with Crippen molar-refractivity contribution >= 4 is 21.5 Å². The summed E-state index contributed by atoms with van der Waals surface area (Å²) in [5.41, 5.74) is 3.30. The lowest BCUT2D eigenvalue weighted by molar-refractivity contribution is 0.0689. The second-order valence-electron chi connectivity index (χ2n) is 9.11. The minimum Gasteiger partial charge on any atom is -0.507 e. The van der Waals surface area contributed by atoms with Crippen LogP contribution in [0.5, 0.6) is 5.75 Å². The first kappa shape index (κ1) is 24.6. The van der Waals surface area contributed by atoms with Gasteiger partial charge >= 0.3 is 0 Å². The molecule has 1 heterocycles. The van der Waals surface area contributed by atoms with Gasteiger partial charge in [-0.3, -0.25) is 9.59 Å². The number of nitrogens with one attached hydrogen (secondary N) is 1. The molecular formula is C25H27N3O6S. The van der Waals surface area contributed by atoms with Gasteiger partial charge < -0.3 is 15.5 Å². The fourth-order valence-electron chi connectivity index (χ4n) is 4.15. The molecule has 0 saturated heterocycles. The number of aromatic nitrogens is 2. The maximum Gasteiger partial charge on any atom is 0.255 e. The highest BCUT2D eigenvalue weighted by molar-refractivity contribution is 7.92. The Balaban J connectivity index is 1.50. The van der Waals surface area contributed by atoms with Gasteiger partial charge in [0.1, 0.15) is 12.0 Å².